The topological polar surface area (TPSA) is 75.3 Å². The van der Waals surface area contributed by atoms with Crippen LogP contribution in [0, 0.1) is 5.92 Å². The first-order valence-corrected chi connectivity index (χ1v) is 10.4. The molecule has 1 amide bonds. The maximum Gasteiger partial charge on any atom is 0.225 e. The molecule has 1 aliphatic heterocycles. The normalized spacial score (nSPS) is 13.9. The minimum absolute atomic E-state index is 0.115. The van der Waals surface area contributed by atoms with Crippen LogP contribution < -0.4 is 29.0 Å². The molecule has 31 heavy (non-hydrogen) atoms. The third-order valence-electron chi connectivity index (χ3n) is 5.25. The Morgan fingerprint density at radius 3 is 2.32 bits per heavy atom. The molecule has 0 fully saturated rings. The third-order valence-corrected chi connectivity index (χ3v) is 5.25. The number of carbonyl (C=O) groups excluding carboxylic acids is 1. The van der Waals surface area contributed by atoms with E-state index in [-0.39, 0.29) is 24.3 Å². The third kappa shape index (κ3) is 5.16. The molecule has 0 saturated carbocycles. The van der Waals surface area contributed by atoms with Crippen molar-refractivity contribution >= 4 is 5.91 Å². The lowest BCUT2D eigenvalue weighted by molar-refractivity contribution is -0.121. The van der Waals surface area contributed by atoms with Gasteiger partial charge in [-0.1, -0.05) is 26.0 Å². The van der Waals surface area contributed by atoms with E-state index in [2.05, 4.69) is 19.2 Å². The predicted molar refractivity (Wildman–Crippen MR) is 118 cm³/mol. The van der Waals surface area contributed by atoms with Gasteiger partial charge >= 0.3 is 0 Å². The van der Waals surface area contributed by atoms with Gasteiger partial charge in [-0.05, 0) is 29.7 Å². The van der Waals surface area contributed by atoms with E-state index in [4.69, 9.17) is 23.7 Å². The standard InChI is InChI=1S/C24H31NO6/c1-15(2)22(16-7-9-18-20(13-16)31-12-6-11-30-18)25-21(26)14-17-8-10-19(27-3)24(29-5)23(17)28-4/h7-10,13,15,22H,6,11-12,14H2,1-5H3,(H,25,26)/t22-/m1/s1. The van der Waals surface area contributed by atoms with Crippen LogP contribution in [0.5, 0.6) is 28.7 Å². The van der Waals surface area contributed by atoms with Gasteiger partial charge in [0.15, 0.2) is 23.0 Å². The fourth-order valence-electron chi connectivity index (χ4n) is 3.71. The van der Waals surface area contributed by atoms with Gasteiger partial charge in [0.25, 0.3) is 0 Å². The van der Waals surface area contributed by atoms with Gasteiger partial charge in [0.2, 0.25) is 11.7 Å². The molecular weight excluding hydrogens is 398 g/mol. The Morgan fingerprint density at radius 1 is 0.968 bits per heavy atom. The summed E-state index contributed by atoms with van der Waals surface area (Å²) >= 11 is 0. The molecule has 0 unspecified atom stereocenters. The Kier molecular flexibility index (Phi) is 7.50. The van der Waals surface area contributed by atoms with Gasteiger partial charge in [0.1, 0.15) is 0 Å². The first-order valence-electron chi connectivity index (χ1n) is 10.4. The van der Waals surface area contributed by atoms with Crippen molar-refractivity contribution in [2.24, 2.45) is 5.92 Å². The molecule has 168 valence electrons. The van der Waals surface area contributed by atoms with Crippen molar-refractivity contribution in [3.63, 3.8) is 0 Å². The average Bonchev–Trinajstić information content (AvgIpc) is 3.01. The van der Waals surface area contributed by atoms with Gasteiger partial charge in [-0.15, -0.1) is 0 Å². The lowest BCUT2D eigenvalue weighted by atomic mass is 9.95. The molecule has 1 atom stereocenters. The summed E-state index contributed by atoms with van der Waals surface area (Å²) in [4.78, 5) is 13.0. The van der Waals surface area contributed by atoms with E-state index >= 15 is 0 Å². The van der Waals surface area contributed by atoms with Crippen LogP contribution in [-0.4, -0.2) is 40.5 Å². The summed E-state index contributed by atoms with van der Waals surface area (Å²) in [5.41, 5.74) is 1.70. The number of nitrogens with one attached hydrogen (secondary N) is 1. The quantitative estimate of drug-likeness (QED) is 0.685. The maximum atomic E-state index is 13.0. The van der Waals surface area contributed by atoms with E-state index in [0.717, 1.165) is 29.0 Å². The summed E-state index contributed by atoms with van der Waals surface area (Å²) in [6, 6.07) is 9.27. The Morgan fingerprint density at radius 2 is 1.68 bits per heavy atom. The van der Waals surface area contributed by atoms with Crippen molar-refractivity contribution in [2.75, 3.05) is 34.5 Å². The van der Waals surface area contributed by atoms with Crippen LogP contribution in [-0.2, 0) is 11.2 Å². The molecule has 7 nitrogen and oxygen atoms in total. The summed E-state index contributed by atoms with van der Waals surface area (Å²) in [7, 11) is 4.66. The molecule has 0 radical (unpaired) electrons. The van der Waals surface area contributed by atoms with Crippen molar-refractivity contribution < 1.29 is 28.5 Å². The zero-order valence-corrected chi connectivity index (χ0v) is 18.8. The van der Waals surface area contributed by atoms with Gasteiger partial charge in [-0.3, -0.25) is 4.79 Å². The Hall–Kier alpha value is -3.09. The van der Waals surface area contributed by atoms with Crippen LogP contribution in [0.2, 0.25) is 0 Å². The molecule has 0 aliphatic carbocycles. The molecule has 0 aromatic heterocycles. The predicted octanol–water partition coefficient (Wildman–Crippen LogP) is 3.93. The van der Waals surface area contributed by atoms with Crippen molar-refractivity contribution in [3.8, 4) is 28.7 Å². The second-order valence-electron chi connectivity index (χ2n) is 7.72. The Balaban J connectivity index is 1.80. The summed E-state index contributed by atoms with van der Waals surface area (Å²) in [6.07, 6.45) is 0.999. The summed E-state index contributed by atoms with van der Waals surface area (Å²) in [5, 5.41) is 3.16. The van der Waals surface area contributed by atoms with E-state index < -0.39 is 0 Å². The van der Waals surface area contributed by atoms with Crippen LogP contribution in [0.4, 0.5) is 0 Å². The number of methoxy groups -OCH3 is 3. The second kappa shape index (κ2) is 10.3. The fourth-order valence-corrected chi connectivity index (χ4v) is 3.71. The average molecular weight is 430 g/mol. The van der Waals surface area contributed by atoms with Crippen molar-refractivity contribution in [1.82, 2.24) is 5.32 Å². The van der Waals surface area contributed by atoms with Crippen molar-refractivity contribution in [2.45, 2.75) is 32.7 Å². The molecule has 1 N–H and O–H groups in total. The monoisotopic (exact) mass is 429 g/mol. The van der Waals surface area contributed by atoms with Crippen LogP contribution >= 0.6 is 0 Å². The second-order valence-corrected chi connectivity index (χ2v) is 7.72. The lowest BCUT2D eigenvalue weighted by Gasteiger charge is -2.24. The van der Waals surface area contributed by atoms with E-state index in [1.165, 1.54) is 0 Å². The fraction of sp³-hybridized carbons (Fsp3) is 0.458. The van der Waals surface area contributed by atoms with E-state index in [0.29, 0.717) is 30.5 Å². The largest absolute Gasteiger partial charge is 0.493 e. The van der Waals surface area contributed by atoms with Gasteiger partial charge in [-0.25, -0.2) is 0 Å². The number of amides is 1. The first-order chi connectivity index (χ1) is 15.0. The molecular formula is C24H31NO6. The Bertz CT molecular complexity index is 911. The molecule has 1 aliphatic rings. The Labute approximate surface area is 183 Å². The van der Waals surface area contributed by atoms with Gasteiger partial charge < -0.3 is 29.0 Å². The number of hydrogen-bond acceptors (Lipinski definition) is 6. The number of rotatable bonds is 8. The minimum atomic E-state index is -0.171. The summed E-state index contributed by atoms with van der Waals surface area (Å²) in [5.74, 6) is 3.04. The highest BCUT2D eigenvalue weighted by Crippen LogP contribution is 2.40. The van der Waals surface area contributed by atoms with Crippen LogP contribution in [0.3, 0.4) is 0 Å². The molecule has 3 rings (SSSR count). The van der Waals surface area contributed by atoms with Crippen molar-refractivity contribution in [1.29, 1.82) is 0 Å². The smallest absolute Gasteiger partial charge is 0.225 e. The zero-order valence-electron chi connectivity index (χ0n) is 18.8. The highest BCUT2D eigenvalue weighted by atomic mass is 16.5. The van der Waals surface area contributed by atoms with Gasteiger partial charge in [0, 0.05) is 12.0 Å². The van der Waals surface area contributed by atoms with Crippen LogP contribution in [0.15, 0.2) is 30.3 Å². The molecule has 2 aromatic carbocycles. The minimum Gasteiger partial charge on any atom is -0.493 e. The van der Waals surface area contributed by atoms with E-state index in [1.807, 2.05) is 24.3 Å². The molecule has 7 heteroatoms. The highest BCUT2D eigenvalue weighted by molar-refractivity contribution is 5.80. The van der Waals surface area contributed by atoms with E-state index in [1.54, 1.807) is 27.4 Å². The van der Waals surface area contributed by atoms with Crippen LogP contribution in [0.25, 0.3) is 0 Å². The molecule has 2 aromatic rings. The highest BCUT2D eigenvalue weighted by Gasteiger charge is 2.23. The van der Waals surface area contributed by atoms with Gasteiger partial charge in [0.05, 0.1) is 47.0 Å². The number of ether oxygens (including phenoxy) is 5. The zero-order chi connectivity index (χ0) is 22.4. The molecule has 0 bridgehead atoms. The van der Waals surface area contributed by atoms with Crippen molar-refractivity contribution in [3.05, 3.63) is 41.5 Å². The number of carbonyl (C=O) groups is 1. The maximum absolute atomic E-state index is 13.0. The number of benzene rings is 2. The van der Waals surface area contributed by atoms with Crippen LogP contribution in [0.1, 0.15) is 37.4 Å². The first kappa shape index (κ1) is 22.6. The number of hydrogen-bond donors (Lipinski definition) is 1. The lowest BCUT2D eigenvalue weighted by Crippen LogP contribution is -2.33. The summed E-state index contributed by atoms with van der Waals surface area (Å²) < 4.78 is 27.8. The summed E-state index contributed by atoms with van der Waals surface area (Å²) in [6.45, 7) is 5.41. The van der Waals surface area contributed by atoms with E-state index in [9.17, 15) is 4.79 Å². The number of fused-ring (bicyclic) bond motifs is 1. The molecule has 0 saturated heterocycles. The molecule has 1 heterocycles. The SMILES string of the molecule is COc1ccc(CC(=O)N[C@@H](c2ccc3c(c2)OCCCO3)C(C)C)c(OC)c1OC. The molecule has 0 spiro atoms. The van der Waals surface area contributed by atoms with Gasteiger partial charge in [-0.2, -0.15) is 0 Å².